The van der Waals surface area contributed by atoms with Crippen molar-refractivity contribution in [2.45, 2.75) is 39.3 Å². The average molecular weight is 316 g/mol. The minimum absolute atomic E-state index is 0.104. The normalized spacial score (nSPS) is 12.4. The number of carbonyl (C=O) groups is 2. The van der Waals surface area contributed by atoms with Crippen molar-refractivity contribution in [2.24, 2.45) is 0 Å². The summed E-state index contributed by atoms with van der Waals surface area (Å²) in [4.78, 5) is 31.6. The van der Waals surface area contributed by atoms with E-state index in [0.717, 1.165) is 0 Å². The average Bonchev–Trinajstić information content (AvgIpc) is 2.34. The quantitative estimate of drug-likeness (QED) is 0.857. The first-order chi connectivity index (χ1) is 9.73. The molecule has 7 nitrogen and oxygen atoms in total. The molecule has 1 amide bonds. The molecule has 0 bridgehead atoms. The minimum Gasteiger partial charge on any atom is -0.464 e. The fourth-order valence-electron chi connectivity index (χ4n) is 1.40. The maximum Gasteiger partial charge on any atom is 0.408 e. The van der Waals surface area contributed by atoms with E-state index in [1.165, 1.54) is 12.4 Å². The molecule has 0 radical (unpaired) electrons. The second kappa shape index (κ2) is 7.21. The van der Waals surface area contributed by atoms with Crippen LogP contribution in [0.2, 0.25) is 5.15 Å². The van der Waals surface area contributed by atoms with Crippen molar-refractivity contribution < 1.29 is 19.1 Å². The molecule has 0 saturated carbocycles. The molecule has 0 aliphatic carbocycles. The Labute approximate surface area is 128 Å². The molecule has 1 N–H and O–H groups in total. The van der Waals surface area contributed by atoms with Gasteiger partial charge in [0.05, 0.1) is 24.7 Å². The Morgan fingerprint density at radius 1 is 1.38 bits per heavy atom. The number of amides is 1. The van der Waals surface area contributed by atoms with Gasteiger partial charge < -0.3 is 14.8 Å². The van der Waals surface area contributed by atoms with E-state index in [4.69, 9.17) is 21.1 Å². The van der Waals surface area contributed by atoms with Crippen molar-refractivity contribution in [3.05, 3.63) is 23.2 Å². The summed E-state index contributed by atoms with van der Waals surface area (Å²) in [7, 11) is 0. The van der Waals surface area contributed by atoms with Gasteiger partial charge in [0.1, 0.15) is 10.8 Å². The predicted octanol–water partition coefficient (Wildman–Crippen LogP) is 2.26. The van der Waals surface area contributed by atoms with Gasteiger partial charge in [-0.3, -0.25) is 4.98 Å². The Hall–Kier alpha value is -1.89. The number of nitrogens with zero attached hydrogens (tertiary/aromatic N) is 2. The predicted molar refractivity (Wildman–Crippen MR) is 75.8 cm³/mol. The van der Waals surface area contributed by atoms with Gasteiger partial charge in [0.15, 0.2) is 6.04 Å². The Kier molecular flexibility index (Phi) is 5.90. The highest BCUT2D eigenvalue weighted by atomic mass is 35.5. The van der Waals surface area contributed by atoms with Crippen LogP contribution in [0.1, 0.15) is 39.4 Å². The smallest absolute Gasteiger partial charge is 0.408 e. The van der Waals surface area contributed by atoms with E-state index in [1.54, 1.807) is 27.7 Å². The van der Waals surface area contributed by atoms with Crippen LogP contribution < -0.4 is 5.32 Å². The van der Waals surface area contributed by atoms with Crippen molar-refractivity contribution in [1.82, 2.24) is 15.3 Å². The van der Waals surface area contributed by atoms with E-state index < -0.39 is 23.7 Å². The first-order valence-corrected chi connectivity index (χ1v) is 6.74. The van der Waals surface area contributed by atoms with Crippen molar-refractivity contribution in [2.75, 3.05) is 6.61 Å². The Morgan fingerprint density at radius 2 is 2.05 bits per heavy atom. The lowest BCUT2D eigenvalue weighted by molar-refractivity contribution is -0.146. The lowest BCUT2D eigenvalue weighted by atomic mass is 10.2. The molecule has 1 unspecified atom stereocenters. The summed E-state index contributed by atoms with van der Waals surface area (Å²) in [6.45, 7) is 6.97. The van der Waals surface area contributed by atoms with Gasteiger partial charge in [0.2, 0.25) is 0 Å². The van der Waals surface area contributed by atoms with Gasteiger partial charge in [-0.1, -0.05) is 11.6 Å². The van der Waals surface area contributed by atoms with Crippen LogP contribution in [-0.2, 0) is 14.3 Å². The summed E-state index contributed by atoms with van der Waals surface area (Å²) >= 11 is 5.74. The van der Waals surface area contributed by atoms with E-state index in [9.17, 15) is 9.59 Å². The standard InChI is InChI=1S/C13H18ClN3O4/c1-5-20-11(18)10(8-6-15-7-9(14)16-8)17-12(19)21-13(2,3)4/h6-7,10H,5H2,1-4H3,(H,17,19). The summed E-state index contributed by atoms with van der Waals surface area (Å²) in [5, 5.41) is 2.51. The second-order valence-corrected chi connectivity index (χ2v) is 5.49. The molecule has 8 heteroatoms. The van der Waals surface area contributed by atoms with Crippen LogP contribution in [0, 0.1) is 0 Å². The van der Waals surface area contributed by atoms with Crippen LogP contribution in [-0.4, -0.2) is 34.2 Å². The molecule has 21 heavy (non-hydrogen) atoms. The highest BCUT2D eigenvalue weighted by Gasteiger charge is 2.28. The SMILES string of the molecule is CCOC(=O)C(NC(=O)OC(C)(C)C)c1cncc(Cl)n1. The molecule has 1 aromatic rings. The van der Waals surface area contributed by atoms with Gasteiger partial charge in [0, 0.05) is 0 Å². The third kappa shape index (κ3) is 5.95. The second-order valence-electron chi connectivity index (χ2n) is 5.10. The third-order valence-electron chi connectivity index (χ3n) is 2.10. The summed E-state index contributed by atoms with van der Waals surface area (Å²) in [6.07, 6.45) is 1.88. The van der Waals surface area contributed by atoms with Crippen molar-refractivity contribution in [1.29, 1.82) is 0 Å². The number of ether oxygens (including phenoxy) is 2. The molecule has 0 aliphatic heterocycles. The van der Waals surface area contributed by atoms with Gasteiger partial charge in [-0.15, -0.1) is 0 Å². The largest absolute Gasteiger partial charge is 0.464 e. The van der Waals surface area contributed by atoms with Gasteiger partial charge in [-0.2, -0.15) is 0 Å². The number of rotatable bonds is 4. The van der Waals surface area contributed by atoms with E-state index in [-0.39, 0.29) is 17.5 Å². The van der Waals surface area contributed by atoms with Crippen LogP contribution in [0.5, 0.6) is 0 Å². The first-order valence-electron chi connectivity index (χ1n) is 6.36. The first kappa shape index (κ1) is 17.2. The molecule has 0 saturated heterocycles. The molecular formula is C13H18ClN3O4. The molecule has 0 aromatic carbocycles. The van der Waals surface area contributed by atoms with E-state index in [2.05, 4.69) is 15.3 Å². The number of halogens is 1. The minimum atomic E-state index is -1.13. The highest BCUT2D eigenvalue weighted by molar-refractivity contribution is 6.29. The number of nitrogens with one attached hydrogen (secondary N) is 1. The van der Waals surface area contributed by atoms with Crippen LogP contribution in [0.4, 0.5) is 4.79 Å². The third-order valence-corrected chi connectivity index (χ3v) is 2.29. The van der Waals surface area contributed by atoms with Crippen LogP contribution in [0.25, 0.3) is 0 Å². The maximum absolute atomic E-state index is 12.0. The zero-order valence-electron chi connectivity index (χ0n) is 12.3. The summed E-state index contributed by atoms with van der Waals surface area (Å²) in [5.74, 6) is -0.667. The fraction of sp³-hybridized carbons (Fsp3) is 0.538. The van der Waals surface area contributed by atoms with Crippen molar-refractivity contribution in [3.63, 3.8) is 0 Å². The number of carbonyl (C=O) groups excluding carboxylic acids is 2. The number of aromatic nitrogens is 2. The lowest BCUT2D eigenvalue weighted by Crippen LogP contribution is -2.39. The zero-order valence-corrected chi connectivity index (χ0v) is 13.1. The summed E-state index contributed by atoms with van der Waals surface area (Å²) in [6, 6.07) is -1.13. The Bertz CT molecular complexity index is 516. The number of hydrogen-bond acceptors (Lipinski definition) is 6. The lowest BCUT2D eigenvalue weighted by Gasteiger charge is -2.22. The summed E-state index contributed by atoms with van der Waals surface area (Å²) < 4.78 is 10.0. The molecule has 1 atom stereocenters. The van der Waals surface area contributed by atoms with Crippen molar-refractivity contribution in [3.8, 4) is 0 Å². The van der Waals surface area contributed by atoms with E-state index in [0.29, 0.717) is 0 Å². The topological polar surface area (TPSA) is 90.4 Å². The fourth-order valence-corrected chi connectivity index (χ4v) is 1.55. The van der Waals surface area contributed by atoms with Crippen LogP contribution in [0.15, 0.2) is 12.4 Å². The molecule has 1 aromatic heterocycles. The molecule has 0 spiro atoms. The molecule has 1 heterocycles. The highest BCUT2D eigenvalue weighted by Crippen LogP contribution is 2.15. The maximum atomic E-state index is 12.0. The molecular weight excluding hydrogens is 298 g/mol. The van der Waals surface area contributed by atoms with Crippen LogP contribution in [0.3, 0.4) is 0 Å². The molecule has 116 valence electrons. The Morgan fingerprint density at radius 3 is 2.57 bits per heavy atom. The van der Waals surface area contributed by atoms with Gasteiger partial charge in [-0.25, -0.2) is 14.6 Å². The van der Waals surface area contributed by atoms with Crippen LogP contribution >= 0.6 is 11.6 Å². The van der Waals surface area contributed by atoms with E-state index >= 15 is 0 Å². The van der Waals surface area contributed by atoms with Gasteiger partial charge in [-0.05, 0) is 27.7 Å². The number of hydrogen-bond donors (Lipinski definition) is 1. The molecule has 0 aliphatic rings. The number of alkyl carbamates (subject to hydrolysis) is 1. The monoisotopic (exact) mass is 315 g/mol. The zero-order chi connectivity index (χ0) is 16.0. The summed E-state index contributed by atoms with van der Waals surface area (Å²) in [5.41, 5.74) is -0.518. The van der Waals surface area contributed by atoms with Gasteiger partial charge in [0.25, 0.3) is 0 Å². The molecule has 1 rings (SSSR count). The molecule has 0 fully saturated rings. The van der Waals surface area contributed by atoms with E-state index in [1.807, 2.05) is 0 Å². The van der Waals surface area contributed by atoms with Crippen molar-refractivity contribution >= 4 is 23.7 Å². The Balaban J connectivity index is 2.93. The van der Waals surface area contributed by atoms with Gasteiger partial charge >= 0.3 is 12.1 Å². The number of esters is 1.